The Morgan fingerprint density at radius 1 is 1.30 bits per heavy atom. The number of hydrogen-bond donors (Lipinski definition) is 3. The zero-order valence-electron chi connectivity index (χ0n) is 14.1. The second kappa shape index (κ2) is 6.78. The number of nitrogens with zero attached hydrogens (tertiary/aromatic N) is 2. The predicted molar refractivity (Wildman–Crippen MR) is 104 cm³/mol. The van der Waals surface area contributed by atoms with E-state index in [9.17, 15) is 9.90 Å². The van der Waals surface area contributed by atoms with Crippen LogP contribution in [0.25, 0.3) is 10.8 Å². The summed E-state index contributed by atoms with van der Waals surface area (Å²) < 4.78 is 0. The molecule has 1 aromatic heterocycles. The van der Waals surface area contributed by atoms with Crippen molar-refractivity contribution in [2.45, 2.75) is 6.42 Å². The molecule has 0 unspecified atom stereocenters. The molecule has 3 aromatic rings. The van der Waals surface area contributed by atoms with Crippen LogP contribution in [0.2, 0.25) is 5.02 Å². The molecule has 2 atom stereocenters. The van der Waals surface area contributed by atoms with E-state index < -0.39 is 0 Å². The fourth-order valence-electron chi connectivity index (χ4n) is 2.94. The summed E-state index contributed by atoms with van der Waals surface area (Å²) in [6.45, 7) is 0. The van der Waals surface area contributed by atoms with Gasteiger partial charge < -0.3 is 15.7 Å². The molecule has 7 heteroatoms. The average Bonchev–Trinajstić information content (AvgIpc) is 3.43. The van der Waals surface area contributed by atoms with Crippen molar-refractivity contribution < 1.29 is 9.90 Å². The lowest BCUT2D eigenvalue weighted by Crippen LogP contribution is -2.15. The number of pyridine rings is 1. The zero-order chi connectivity index (χ0) is 19.0. The molecule has 1 amide bonds. The number of hydrogen-bond acceptors (Lipinski definition) is 5. The van der Waals surface area contributed by atoms with Crippen molar-refractivity contribution in [1.82, 2.24) is 4.98 Å². The number of aromatic hydroxyl groups is 1. The number of para-hydroxylation sites is 2. The van der Waals surface area contributed by atoms with Crippen LogP contribution in [0.15, 0.2) is 48.7 Å². The van der Waals surface area contributed by atoms with E-state index in [0.29, 0.717) is 28.6 Å². The van der Waals surface area contributed by atoms with Crippen molar-refractivity contribution >= 4 is 45.5 Å². The van der Waals surface area contributed by atoms with Crippen molar-refractivity contribution in [2.75, 3.05) is 10.6 Å². The molecule has 0 saturated heterocycles. The first kappa shape index (κ1) is 17.1. The highest BCUT2D eigenvalue weighted by molar-refractivity contribution is 6.36. The fourth-order valence-corrected chi connectivity index (χ4v) is 3.21. The number of anilines is 3. The molecule has 1 saturated carbocycles. The van der Waals surface area contributed by atoms with Crippen molar-refractivity contribution in [3.05, 3.63) is 53.7 Å². The van der Waals surface area contributed by atoms with Gasteiger partial charge in [0, 0.05) is 17.3 Å². The second-order valence-electron chi connectivity index (χ2n) is 6.46. The third kappa shape index (κ3) is 3.50. The molecule has 0 radical (unpaired) electrons. The van der Waals surface area contributed by atoms with Crippen LogP contribution in [0.4, 0.5) is 17.2 Å². The zero-order valence-corrected chi connectivity index (χ0v) is 14.9. The normalized spacial score (nSPS) is 17.9. The van der Waals surface area contributed by atoms with E-state index in [1.807, 2.05) is 12.1 Å². The Morgan fingerprint density at radius 2 is 2.11 bits per heavy atom. The smallest absolute Gasteiger partial charge is 0.230 e. The Labute approximate surface area is 160 Å². The minimum atomic E-state index is -0.259. The van der Waals surface area contributed by atoms with Crippen LogP contribution in [0.1, 0.15) is 6.42 Å². The number of halogens is 1. The van der Waals surface area contributed by atoms with Crippen LogP contribution in [0.3, 0.4) is 0 Å². The van der Waals surface area contributed by atoms with E-state index in [0.717, 1.165) is 10.8 Å². The highest BCUT2D eigenvalue weighted by atomic mass is 35.5. The van der Waals surface area contributed by atoms with Gasteiger partial charge in [-0.1, -0.05) is 23.7 Å². The number of phenols is 1. The van der Waals surface area contributed by atoms with Crippen LogP contribution < -0.4 is 10.6 Å². The summed E-state index contributed by atoms with van der Waals surface area (Å²) in [7, 11) is 0. The largest absolute Gasteiger partial charge is 0.506 e. The molecule has 1 fully saturated rings. The molecule has 0 bridgehead atoms. The predicted octanol–water partition coefficient (Wildman–Crippen LogP) is 4.44. The maximum Gasteiger partial charge on any atom is 0.230 e. The molecule has 4 rings (SSSR count). The first-order chi connectivity index (χ1) is 13.0. The van der Waals surface area contributed by atoms with Crippen molar-refractivity contribution in [3.8, 4) is 11.8 Å². The third-order valence-corrected chi connectivity index (χ3v) is 4.83. The summed E-state index contributed by atoms with van der Waals surface area (Å²) in [5.74, 6) is -0.109. The number of carbonyl (C=O) groups is 1. The van der Waals surface area contributed by atoms with E-state index in [1.165, 1.54) is 0 Å². The lowest BCUT2D eigenvalue weighted by atomic mass is 10.1. The van der Waals surface area contributed by atoms with Crippen LogP contribution >= 0.6 is 11.6 Å². The van der Waals surface area contributed by atoms with Crippen LogP contribution in [0.5, 0.6) is 5.75 Å². The van der Waals surface area contributed by atoms with Gasteiger partial charge in [-0.15, -0.1) is 0 Å². The van der Waals surface area contributed by atoms with Gasteiger partial charge in [0.1, 0.15) is 11.6 Å². The highest BCUT2D eigenvalue weighted by Crippen LogP contribution is 2.38. The van der Waals surface area contributed by atoms with Crippen LogP contribution in [-0.2, 0) is 4.79 Å². The molecule has 0 aliphatic heterocycles. The van der Waals surface area contributed by atoms with Crippen molar-refractivity contribution in [3.63, 3.8) is 0 Å². The molecule has 6 nitrogen and oxygen atoms in total. The second-order valence-corrected chi connectivity index (χ2v) is 6.87. The summed E-state index contributed by atoms with van der Waals surface area (Å²) in [4.78, 5) is 16.4. The van der Waals surface area contributed by atoms with Gasteiger partial charge in [0.25, 0.3) is 0 Å². The number of aromatic nitrogens is 1. The maximum absolute atomic E-state index is 12.1. The third-order valence-electron chi connectivity index (χ3n) is 4.51. The van der Waals surface area contributed by atoms with Crippen LogP contribution in [0, 0.1) is 23.2 Å². The van der Waals surface area contributed by atoms with E-state index in [2.05, 4.69) is 21.7 Å². The lowest BCUT2D eigenvalue weighted by molar-refractivity contribution is -0.117. The Balaban J connectivity index is 1.61. The Kier molecular flexibility index (Phi) is 4.30. The molecule has 27 heavy (non-hydrogen) atoms. The van der Waals surface area contributed by atoms with Gasteiger partial charge in [0.15, 0.2) is 0 Å². The quantitative estimate of drug-likeness (QED) is 0.583. The molecule has 0 spiro atoms. The van der Waals surface area contributed by atoms with E-state index in [-0.39, 0.29) is 23.5 Å². The molecule has 1 aliphatic carbocycles. The minimum Gasteiger partial charge on any atom is -0.506 e. The van der Waals surface area contributed by atoms with Gasteiger partial charge in [-0.05, 0) is 42.1 Å². The molecule has 1 heterocycles. The number of fused-ring (bicyclic) bond motifs is 1. The molecular formula is C20H15ClN4O2. The van der Waals surface area contributed by atoms with Crippen molar-refractivity contribution in [2.24, 2.45) is 11.8 Å². The first-order valence-corrected chi connectivity index (χ1v) is 8.78. The molecule has 2 aromatic carbocycles. The summed E-state index contributed by atoms with van der Waals surface area (Å²) in [6.07, 6.45) is 2.20. The number of carbonyl (C=O) groups excluding carboxylic acids is 1. The SMILES string of the molecule is N#C[C@@H]1C[C@H]1C(=O)Nc1cc2cc(Nc3ccccc3O)cc(Cl)c2cn1. The summed E-state index contributed by atoms with van der Waals surface area (Å²) >= 11 is 6.36. The van der Waals surface area contributed by atoms with Crippen molar-refractivity contribution in [1.29, 1.82) is 5.26 Å². The van der Waals surface area contributed by atoms with Gasteiger partial charge >= 0.3 is 0 Å². The number of amides is 1. The summed E-state index contributed by atoms with van der Waals surface area (Å²) in [6, 6.07) is 14.3. The first-order valence-electron chi connectivity index (χ1n) is 8.40. The van der Waals surface area contributed by atoms with Gasteiger partial charge in [-0.3, -0.25) is 4.79 Å². The number of benzene rings is 2. The fraction of sp³-hybridized carbons (Fsp3) is 0.150. The number of rotatable bonds is 4. The van der Waals surface area contributed by atoms with E-state index in [1.54, 1.807) is 36.5 Å². The maximum atomic E-state index is 12.1. The van der Waals surface area contributed by atoms with Gasteiger partial charge in [0.2, 0.25) is 5.91 Å². The topological polar surface area (TPSA) is 98.0 Å². The number of phenolic OH excluding ortho intramolecular Hbond substituents is 1. The number of nitriles is 1. The summed E-state index contributed by atoms with van der Waals surface area (Å²) in [5, 5.41) is 26.7. The van der Waals surface area contributed by atoms with Crippen LogP contribution in [-0.4, -0.2) is 16.0 Å². The minimum absolute atomic E-state index is 0.132. The van der Waals surface area contributed by atoms with Gasteiger partial charge in [0.05, 0.1) is 28.6 Å². The van der Waals surface area contributed by atoms with E-state index in [4.69, 9.17) is 16.9 Å². The molecule has 1 aliphatic rings. The van der Waals surface area contributed by atoms with Gasteiger partial charge in [-0.2, -0.15) is 5.26 Å². The Bertz CT molecular complexity index is 1090. The molecular weight excluding hydrogens is 364 g/mol. The Morgan fingerprint density at radius 3 is 2.85 bits per heavy atom. The Hall–Kier alpha value is -3.30. The highest BCUT2D eigenvalue weighted by Gasteiger charge is 2.43. The standard InChI is InChI=1S/C20H15ClN4O2/c21-16-8-13(24-17-3-1-2-4-18(17)26)5-11-7-19(23-10-15(11)16)25-20(27)14-6-12(14)9-22/h1-5,7-8,10,12,14,24,26H,6H2,(H,23,25,27)/t12-,14+/m0/s1. The average molecular weight is 379 g/mol. The molecule has 134 valence electrons. The molecule has 3 N–H and O–H groups in total. The van der Waals surface area contributed by atoms with Gasteiger partial charge in [-0.25, -0.2) is 4.98 Å². The summed E-state index contributed by atoms with van der Waals surface area (Å²) in [5.41, 5.74) is 1.26. The monoisotopic (exact) mass is 378 g/mol. The van der Waals surface area contributed by atoms with E-state index >= 15 is 0 Å². The lowest BCUT2D eigenvalue weighted by Gasteiger charge is -2.11. The number of nitrogens with one attached hydrogen (secondary N) is 2.